The van der Waals surface area contributed by atoms with Crippen LogP contribution in [0.4, 0.5) is 0 Å². The van der Waals surface area contributed by atoms with Gasteiger partial charge in [0.2, 0.25) is 5.91 Å². The number of thiazole rings is 1. The Kier molecular flexibility index (Phi) is 4.86. The Labute approximate surface area is 144 Å². The van der Waals surface area contributed by atoms with Gasteiger partial charge in [0.25, 0.3) is 0 Å². The average Bonchev–Trinajstić information content (AvgIpc) is 3.23. The Morgan fingerprint density at radius 2 is 2.12 bits per heavy atom. The highest BCUT2D eigenvalue weighted by Gasteiger charge is 2.12. The van der Waals surface area contributed by atoms with Crippen LogP contribution in [0.2, 0.25) is 0 Å². The Hall–Kier alpha value is -2.73. The van der Waals surface area contributed by atoms with E-state index in [0.29, 0.717) is 0 Å². The van der Waals surface area contributed by atoms with Gasteiger partial charge in [0.05, 0.1) is 17.9 Å². The lowest BCUT2D eigenvalue weighted by molar-refractivity contribution is -0.117. The molecular formula is C18H18N4OS. The van der Waals surface area contributed by atoms with Gasteiger partial charge in [0.1, 0.15) is 5.01 Å². The number of hydrogen-bond acceptors (Lipinski definition) is 4. The van der Waals surface area contributed by atoms with E-state index in [1.807, 2.05) is 55.9 Å². The zero-order valence-electron chi connectivity index (χ0n) is 13.5. The van der Waals surface area contributed by atoms with Gasteiger partial charge in [-0.2, -0.15) is 5.10 Å². The van der Waals surface area contributed by atoms with Gasteiger partial charge in [-0.25, -0.2) is 4.98 Å². The molecule has 0 aliphatic heterocycles. The average molecular weight is 338 g/mol. The molecule has 1 atom stereocenters. The molecule has 6 heteroatoms. The van der Waals surface area contributed by atoms with Crippen LogP contribution in [-0.2, 0) is 11.8 Å². The highest BCUT2D eigenvalue weighted by Crippen LogP contribution is 2.25. The van der Waals surface area contributed by atoms with Crippen molar-refractivity contribution >= 4 is 23.3 Å². The fourth-order valence-corrected chi connectivity index (χ4v) is 3.08. The van der Waals surface area contributed by atoms with Gasteiger partial charge in [-0.3, -0.25) is 9.48 Å². The van der Waals surface area contributed by atoms with Gasteiger partial charge in [-0.1, -0.05) is 30.3 Å². The smallest absolute Gasteiger partial charge is 0.244 e. The van der Waals surface area contributed by atoms with E-state index in [0.717, 1.165) is 21.8 Å². The first-order valence-corrected chi connectivity index (χ1v) is 8.48. The lowest BCUT2D eigenvalue weighted by atomic mass is 10.2. The monoisotopic (exact) mass is 338 g/mol. The Balaban J connectivity index is 1.62. The molecule has 0 spiro atoms. The number of carbonyl (C=O) groups excluding carboxylic acids is 1. The lowest BCUT2D eigenvalue weighted by Crippen LogP contribution is -2.24. The number of benzene rings is 1. The van der Waals surface area contributed by atoms with Crippen LogP contribution < -0.4 is 5.32 Å². The summed E-state index contributed by atoms with van der Waals surface area (Å²) in [6, 6.07) is 9.87. The summed E-state index contributed by atoms with van der Waals surface area (Å²) < 4.78 is 1.70. The molecule has 3 rings (SSSR count). The van der Waals surface area contributed by atoms with Gasteiger partial charge < -0.3 is 5.32 Å². The summed E-state index contributed by atoms with van der Waals surface area (Å²) in [4.78, 5) is 16.7. The van der Waals surface area contributed by atoms with E-state index in [1.165, 1.54) is 6.08 Å². The first kappa shape index (κ1) is 16.1. The molecule has 0 saturated carbocycles. The molecule has 5 nitrogen and oxygen atoms in total. The van der Waals surface area contributed by atoms with E-state index in [-0.39, 0.29) is 11.9 Å². The molecule has 0 aliphatic rings. The maximum Gasteiger partial charge on any atom is 0.244 e. The van der Waals surface area contributed by atoms with Crippen molar-refractivity contribution in [3.05, 3.63) is 64.8 Å². The minimum Gasteiger partial charge on any atom is -0.344 e. The highest BCUT2D eigenvalue weighted by atomic mass is 32.1. The third kappa shape index (κ3) is 3.97. The molecule has 0 aliphatic carbocycles. The van der Waals surface area contributed by atoms with Crippen LogP contribution >= 0.6 is 11.3 Å². The fourth-order valence-electron chi connectivity index (χ4n) is 2.25. The summed E-state index contributed by atoms with van der Waals surface area (Å²) in [6.45, 7) is 1.93. The molecule has 0 unspecified atom stereocenters. The maximum absolute atomic E-state index is 12.0. The second-order valence-electron chi connectivity index (χ2n) is 5.45. The molecule has 0 radical (unpaired) electrons. The van der Waals surface area contributed by atoms with E-state index in [1.54, 1.807) is 28.3 Å². The third-order valence-electron chi connectivity index (χ3n) is 3.47. The second kappa shape index (κ2) is 7.23. The van der Waals surface area contributed by atoms with E-state index in [9.17, 15) is 4.79 Å². The van der Waals surface area contributed by atoms with Crippen molar-refractivity contribution in [2.24, 2.45) is 7.05 Å². The Bertz CT molecular complexity index is 851. The summed E-state index contributed by atoms with van der Waals surface area (Å²) in [5, 5.41) is 9.89. The van der Waals surface area contributed by atoms with Gasteiger partial charge in [0.15, 0.2) is 0 Å². The molecule has 3 aromatic rings. The van der Waals surface area contributed by atoms with E-state index < -0.39 is 0 Å². The van der Waals surface area contributed by atoms with E-state index in [4.69, 9.17) is 0 Å². The lowest BCUT2D eigenvalue weighted by Gasteiger charge is -2.08. The molecule has 2 aromatic heterocycles. The SMILES string of the molecule is C[C@H](NC(=O)/C=C/c1cnn(C)c1)c1nc(-c2ccccc2)cs1. The zero-order valence-corrected chi connectivity index (χ0v) is 14.3. The largest absolute Gasteiger partial charge is 0.344 e. The summed E-state index contributed by atoms with van der Waals surface area (Å²) in [7, 11) is 1.84. The van der Waals surface area contributed by atoms with Crippen molar-refractivity contribution in [3.63, 3.8) is 0 Å². The van der Waals surface area contributed by atoms with Gasteiger partial charge in [-0.05, 0) is 13.0 Å². The summed E-state index contributed by atoms with van der Waals surface area (Å²) in [6.07, 6.45) is 6.81. The predicted molar refractivity (Wildman–Crippen MR) is 96.3 cm³/mol. The van der Waals surface area contributed by atoms with Crippen LogP contribution in [0.3, 0.4) is 0 Å². The van der Waals surface area contributed by atoms with Gasteiger partial charge in [-0.15, -0.1) is 11.3 Å². The van der Waals surface area contributed by atoms with Crippen LogP contribution in [0.25, 0.3) is 17.3 Å². The maximum atomic E-state index is 12.0. The summed E-state index contributed by atoms with van der Waals surface area (Å²) >= 11 is 1.55. The van der Waals surface area contributed by atoms with Crippen LogP contribution in [0.5, 0.6) is 0 Å². The first-order chi connectivity index (χ1) is 11.6. The molecule has 0 fully saturated rings. The van der Waals surface area contributed by atoms with Crippen LogP contribution in [0.1, 0.15) is 23.5 Å². The van der Waals surface area contributed by atoms with Crippen molar-refractivity contribution in [1.82, 2.24) is 20.1 Å². The topological polar surface area (TPSA) is 59.8 Å². The first-order valence-electron chi connectivity index (χ1n) is 7.60. The summed E-state index contributed by atoms with van der Waals surface area (Å²) in [5.41, 5.74) is 2.90. The van der Waals surface area contributed by atoms with Crippen molar-refractivity contribution < 1.29 is 4.79 Å². The minimum atomic E-state index is -0.150. The number of carbonyl (C=O) groups is 1. The predicted octanol–water partition coefficient (Wildman–Crippen LogP) is 3.43. The van der Waals surface area contributed by atoms with Crippen molar-refractivity contribution in [2.45, 2.75) is 13.0 Å². The summed E-state index contributed by atoms with van der Waals surface area (Å²) in [5.74, 6) is -0.150. The third-order valence-corrected chi connectivity index (χ3v) is 4.50. The van der Waals surface area contributed by atoms with Crippen LogP contribution in [0.15, 0.2) is 54.2 Å². The number of hydrogen-bond donors (Lipinski definition) is 1. The zero-order chi connectivity index (χ0) is 16.9. The second-order valence-corrected chi connectivity index (χ2v) is 6.34. The number of amides is 1. The quantitative estimate of drug-likeness (QED) is 0.725. The number of aryl methyl sites for hydroxylation is 1. The van der Waals surface area contributed by atoms with Crippen molar-refractivity contribution in [1.29, 1.82) is 0 Å². The number of nitrogens with one attached hydrogen (secondary N) is 1. The Morgan fingerprint density at radius 3 is 2.83 bits per heavy atom. The molecule has 1 N–H and O–H groups in total. The Morgan fingerprint density at radius 1 is 1.33 bits per heavy atom. The molecule has 1 aromatic carbocycles. The molecule has 1 amide bonds. The molecular weight excluding hydrogens is 320 g/mol. The van der Waals surface area contributed by atoms with Gasteiger partial charge in [0, 0.05) is 35.8 Å². The number of nitrogens with zero attached hydrogens (tertiary/aromatic N) is 3. The highest BCUT2D eigenvalue weighted by molar-refractivity contribution is 7.10. The number of aromatic nitrogens is 3. The minimum absolute atomic E-state index is 0.140. The fraction of sp³-hybridized carbons (Fsp3) is 0.167. The molecule has 0 saturated heterocycles. The molecule has 0 bridgehead atoms. The van der Waals surface area contributed by atoms with E-state index >= 15 is 0 Å². The van der Waals surface area contributed by atoms with Crippen LogP contribution in [-0.4, -0.2) is 20.7 Å². The van der Waals surface area contributed by atoms with Crippen molar-refractivity contribution in [2.75, 3.05) is 0 Å². The molecule has 2 heterocycles. The van der Waals surface area contributed by atoms with E-state index in [2.05, 4.69) is 15.4 Å². The normalized spacial score (nSPS) is 12.4. The van der Waals surface area contributed by atoms with Crippen LogP contribution in [0, 0.1) is 0 Å². The molecule has 122 valence electrons. The van der Waals surface area contributed by atoms with Crippen molar-refractivity contribution in [3.8, 4) is 11.3 Å². The standard InChI is InChI=1S/C18H18N4OS/c1-13(20-17(23)9-8-14-10-19-22(2)11-14)18-21-16(12-24-18)15-6-4-3-5-7-15/h3-13H,1-2H3,(H,20,23)/b9-8+/t13-/m0/s1. The number of rotatable bonds is 5. The molecule has 24 heavy (non-hydrogen) atoms. The van der Waals surface area contributed by atoms with Gasteiger partial charge >= 0.3 is 0 Å².